The Morgan fingerprint density at radius 1 is 1.15 bits per heavy atom. The van der Waals surface area contributed by atoms with Gasteiger partial charge in [-0.25, -0.2) is 0 Å². The molecule has 0 nitrogen and oxygen atoms in total. The van der Waals surface area contributed by atoms with E-state index in [0.717, 1.165) is 17.1 Å². The van der Waals surface area contributed by atoms with Crippen molar-refractivity contribution in [3.8, 4) is 0 Å². The summed E-state index contributed by atoms with van der Waals surface area (Å²) in [6.45, 7) is 4.34. The number of benzene rings is 1. The lowest BCUT2D eigenvalue weighted by atomic mass is 9.98. The molecular weight excluding hydrogens is 292 g/mol. The lowest BCUT2D eigenvalue weighted by Gasteiger charge is -2.10. The first-order valence-electron chi connectivity index (χ1n) is 4.40. The van der Waals surface area contributed by atoms with E-state index in [2.05, 4.69) is 57.8 Å². The van der Waals surface area contributed by atoms with Gasteiger partial charge in [-0.3, -0.25) is 0 Å². The summed E-state index contributed by atoms with van der Waals surface area (Å²) in [5.74, 6) is 0. The molecule has 0 bridgehead atoms. The molecule has 0 fully saturated rings. The molecule has 0 radical (unpaired) electrons. The molecule has 0 aliphatic carbocycles. The highest BCUT2D eigenvalue weighted by molar-refractivity contribution is 9.09. The molecule has 1 aromatic rings. The monoisotopic (exact) mass is 304 g/mol. The minimum Gasteiger partial charge on any atom is -0.0924 e. The van der Waals surface area contributed by atoms with Crippen LogP contribution in [-0.2, 0) is 11.8 Å². The van der Waals surface area contributed by atoms with Gasteiger partial charge in [-0.05, 0) is 37.0 Å². The molecule has 0 unspecified atom stereocenters. The Balaban J connectivity index is 3.13. The summed E-state index contributed by atoms with van der Waals surface area (Å²) in [5.41, 5.74) is 5.68. The fraction of sp³-hybridized carbons (Fsp3) is 0.455. The van der Waals surface area contributed by atoms with E-state index in [4.69, 9.17) is 0 Å². The van der Waals surface area contributed by atoms with Crippen LogP contribution in [0.5, 0.6) is 0 Å². The third-order valence-electron chi connectivity index (χ3n) is 2.20. The molecule has 13 heavy (non-hydrogen) atoms. The second kappa shape index (κ2) is 5.16. The maximum absolute atomic E-state index is 3.53. The summed E-state index contributed by atoms with van der Waals surface area (Å²) < 4.78 is 0. The van der Waals surface area contributed by atoms with E-state index in [1.54, 1.807) is 0 Å². The number of hydrogen-bond donors (Lipinski definition) is 0. The topological polar surface area (TPSA) is 0 Å². The van der Waals surface area contributed by atoms with Crippen LogP contribution >= 0.6 is 31.9 Å². The fourth-order valence-electron chi connectivity index (χ4n) is 1.66. The van der Waals surface area contributed by atoms with Crippen LogP contribution < -0.4 is 0 Å². The summed E-state index contributed by atoms with van der Waals surface area (Å²) in [7, 11) is 0. The third kappa shape index (κ3) is 2.81. The van der Waals surface area contributed by atoms with Crippen molar-refractivity contribution in [2.75, 3.05) is 5.33 Å². The van der Waals surface area contributed by atoms with E-state index in [1.807, 2.05) is 0 Å². The van der Waals surface area contributed by atoms with Crippen molar-refractivity contribution in [3.05, 3.63) is 34.4 Å². The zero-order chi connectivity index (χ0) is 9.84. The minimum absolute atomic E-state index is 0.956. The van der Waals surface area contributed by atoms with Gasteiger partial charge in [0.15, 0.2) is 0 Å². The van der Waals surface area contributed by atoms with Crippen molar-refractivity contribution in [1.82, 2.24) is 0 Å². The molecule has 0 aliphatic heterocycles. The maximum Gasteiger partial charge on any atom is 0.0285 e. The van der Waals surface area contributed by atoms with Crippen molar-refractivity contribution in [3.63, 3.8) is 0 Å². The van der Waals surface area contributed by atoms with Crippen LogP contribution in [0.25, 0.3) is 0 Å². The lowest BCUT2D eigenvalue weighted by Crippen LogP contribution is -1.97. The highest BCUT2D eigenvalue weighted by Crippen LogP contribution is 2.20. The quantitative estimate of drug-likeness (QED) is 0.736. The molecular formula is C11H14Br2. The normalized spacial score (nSPS) is 10.5. The van der Waals surface area contributed by atoms with Crippen molar-refractivity contribution < 1.29 is 0 Å². The summed E-state index contributed by atoms with van der Waals surface area (Å²) in [6, 6.07) is 4.52. The Kier molecular flexibility index (Phi) is 4.47. The predicted molar refractivity (Wildman–Crippen MR) is 66.0 cm³/mol. The summed E-state index contributed by atoms with van der Waals surface area (Å²) in [6.07, 6.45) is 1.12. The number of hydrogen-bond acceptors (Lipinski definition) is 0. The molecule has 2 heteroatoms. The Hall–Kier alpha value is 0.180. The van der Waals surface area contributed by atoms with Gasteiger partial charge in [0.1, 0.15) is 0 Å². The maximum atomic E-state index is 3.53. The molecule has 0 atom stereocenters. The molecule has 72 valence electrons. The van der Waals surface area contributed by atoms with Gasteiger partial charge in [0.25, 0.3) is 0 Å². The molecule has 0 saturated heterocycles. The summed E-state index contributed by atoms with van der Waals surface area (Å²) in [4.78, 5) is 0. The van der Waals surface area contributed by atoms with E-state index >= 15 is 0 Å². The molecule has 0 saturated carbocycles. The highest BCUT2D eigenvalue weighted by atomic mass is 79.9. The van der Waals surface area contributed by atoms with E-state index in [0.29, 0.717) is 0 Å². The molecule has 0 spiro atoms. The van der Waals surface area contributed by atoms with Crippen molar-refractivity contribution in [1.29, 1.82) is 0 Å². The van der Waals surface area contributed by atoms with Crippen molar-refractivity contribution >= 4 is 31.9 Å². The lowest BCUT2D eigenvalue weighted by molar-refractivity contribution is 1.09. The van der Waals surface area contributed by atoms with Crippen LogP contribution in [0, 0.1) is 13.8 Å². The van der Waals surface area contributed by atoms with Gasteiger partial charge in [-0.2, -0.15) is 0 Å². The van der Waals surface area contributed by atoms with Crippen LogP contribution in [0.1, 0.15) is 22.3 Å². The molecule has 0 aliphatic rings. The van der Waals surface area contributed by atoms with E-state index in [1.165, 1.54) is 22.3 Å². The summed E-state index contributed by atoms with van der Waals surface area (Å²) >= 11 is 7.02. The summed E-state index contributed by atoms with van der Waals surface area (Å²) in [5, 5.41) is 1.99. The van der Waals surface area contributed by atoms with Crippen LogP contribution in [0.2, 0.25) is 0 Å². The van der Waals surface area contributed by atoms with Gasteiger partial charge in [0, 0.05) is 10.7 Å². The van der Waals surface area contributed by atoms with Crippen LogP contribution in [0.3, 0.4) is 0 Å². The standard InChI is InChI=1S/C11H14Br2/c1-8-5-9(2)11(3-4-12)10(6-8)7-13/h5-6H,3-4,7H2,1-2H3. The second-order valence-corrected chi connectivity index (χ2v) is 4.65. The number of rotatable bonds is 3. The third-order valence-corrected chi connectivity index (χ3v) is 3.20. The second-order valence-electron chi connectivity index (χ2n) is 3.29. The average Bonchev–Trinajstić information content (AvgIpc) is 2.09. The largest absolute Gasteiger partial charge is 0.0924 e. The minimum atomic E-state index is 0.956. The van der Waals surface area contributed by atoms with E-state index < -0.39 is 0 Å². The Bertz CT molecular complexity index is 292. The number of alkyl halides is 2. The molecule has 0 N–H and O–H groups in total. The zero-order valence-corrected chi connectivity index (χ0v) is 11.2. The van der Waals surface area contributed by atoms with Gasteiger partial charge >= 0.3 is 0 Å². The Morgan fingerprint density at radius 3 is 2.38 bits per heavy atom. The Labute approximate surface area is 97.0 Å². The molecule has 1 aromatic carbocycles. The zero-order valence-electron chi connectivity index (χ0n) is 8.03. The first-order chi connectivity index (χ1) is 6.19. The number of halogens is 2. The smallest absolute Gasteiger partial charge is 0.0285 e. The average molecular weight is 306 g/mol. The highest BCUT2D eigenvalue weighted by Gasteiger charge is 2.04. The molecule has 0 aromatic heterocycles. The van der Waals surface area contributed by atoms with Gasteiger partial charge in [0.2, 0.25) is 0 Å². The SMILES string of the molecule is Cc1cc(C)c(CCBr)c(CBr)c1. The van der Waals surface area contributed by atoms with Crippen molar-refractivity contribution in [2.45, 2.75) is 25.6 Å². The molecule has 0 amide bonds. The van der Waals surface area contributed by atoms with Crippen LogP contribution in [-0.4, -0.2) is 5.33 Å². The van der Waals surface area contributed by atoms with E-state index in [-0.39, 0.29) is 0 Å². The first-order valence-corrected chi connectivity index (χ1v) is 6.64. The Morgan fingerprint density at radius 2 is 1.85 bits per heavy atom. The predicted octanol–water partition coefficient (Wildman–Crippen LogP) is 4.14. The van der Waals surface area contributed by atoms with Crippen molar-refractivity contribution in [2.24, 2.45) is 0 Å². The fourth-order valence-corrected chi connectivity index (χ4v) is 2.55. The van der Waals surface area contributed by atoms with Gasteiger partial charge in [-0.15, -0.1) is 0 Å². The molecule has 0 heterocycles. The number of aryl methyl sites for hydroxylation is 2. The van der Waals surface area contributed by atoms with Gasteiger partial charge < -0.3 is 0 Å². The first kappa shape index (κ1) is 11.3. The molecule has 1 rings (SSSR count). The van der Waals surface area contributed by atoms with Gasteiger partial charge in [0.05, 0.1) is 0 Å². The van der Waals surface area contributed by atoms with E-state index in [9.17, 15) is 0 Å². The van der Waals surface area contributed by atoms with Crippen LogP contribution in [0.4, 0.5) is 0 Å². The van der Waals surface area contributed by atoms with Crippen LogP contribution in [0.15, 0.2) is 12.1 Å². The van der Waals surface area contributed by atoms with Gasteiger partial charge in [-0.1, -0.05) is 49.6 Å².